The number of aromatic nitrogens is 1. The number of fused-ring (bicyclic) bond motifs is 1. The molecule has 206 valence electrons. The van der Waals surface area contributed by atoms with Gasteiger partial charge in [-0.2, -0.15) is 0 Å². The van der Waals surface area contributed by atoms with Crippen LogP contribution >= 0.6 is 0 Å². The van der Waals surface area contributed by atoms with E-state index in [1.165, 1.54) is 25.7 Å². The topological polar surface area (TPSA) is 49.7 Å². The highest BCUT2D eigenvalue weighted by Gasteiger charge is 2.20. The van der Waals surface area contributed by atoms with Gasteiger partial charge in [0, 0.05) is 18.0 Å². The lowest BCUT2D eigenvalue weighted by molar-refractivity contribution is 0.274. The molecule has 2 aromatic carbocycles. The Labute approximate surface area is 228 Å². The standard InChI is InChI=1S/C33H45NO4/c1-5-7-9-10-11-15-21-34-30-24-28(38-25-27-16-13-12-14-17-27)18-19-29(30)31(37-23-20-26(3)4)32(33(34)35)36-22-8-6-2/h12-14,16-20,24H,5-11,15,21-23,25H2,1-4H3. The van der Waals surface area contributed by atoms with Gasteiger partial charge in [0.1, 0.15) is 19.0 Å². The van der Waals surface area contributed by atoms with Crippen molar-refractivity contribution in [1.82, 2.24) is 4.57 Å². The molecule has 0 spiro atoms. The maximum Gasteiger partial charge on any atom is 0.297 e. The number of nitrogens with zero attached hydrogens (tertiary/aromatic N) is 1. The summed E-state index contributed by atoms with van der Waals surface area (Å²) in [5.74, 6) is 1.57. The van der Waals surface area contributed by atoms with E-state index in [0.29, 0.717) is 37.9 Å². The number of benzene rings is 2. The van der Waals surface area contributed by atoms with Crippen LogP contribution in [-0.4, -0.2) is 17.8 Å². The lowest BCUT2D eigenvalue weighted by Gasteiger charge is -2.19. The van der Waals surface area contributed by atoms with Crippen LogP contribution in [0.15, 0.2) is 65.0 Å². The summed E-state index contributed by atoms with van der Waals surface area (Å²) >= 11 is 0. The van der Waals surface area contributed by atoms with E-state index in [0.717, 1.165) is 53.5 Å². The summed E-state index contributed by atoms with van der Waals surface area (Å²) in [6, 6.07) is 16.0. The van der Waals surface area contributed by atoms with Gasteiger partial charge in [-0.3, -0.25) is 4.79 Å². The van der Waals surface area contributed by atoms with E-state index in [-0.39, 0.29) is 5.56 Å². The smallest absolute Gasteiger partial charge is 0.297 e. The molecule has 0 bridgehead atoms. The average Bonchev–Trinajstić information content (AvgIpc) is 2.92. The first kappa shape index (κ1) is 29.3. The van der Waals surface area contributed by atoms with Gasteiger partial charge in [0.05, 0.1) is 12.1 Å². The minimum absolute atomic E-state index is 0.130. The summed E-state index contributed by atoms with van der Waals surface area (Å²) in [6.45, 7) is 10.4. The van der Waals surface area contributed by atoms with Crippen LogP contribution in [0, 0.1) is 0 Å². The van der Waals surface area contributed by atoms with Crippen molar-refractivity contribution in [2.75, 3.05) is 13.2 Å². The zero-order chi connectivity index (χ0) is 27.2. The number of rotatable bonds is 17. The first-order valence-corrected chi connectivity index (χ1v) is 14.3. The predicted molar refractivity (Wildman–Crippen MR) is 158 cm³/mol. The first-order chi connectivity index (χ1) is 18.5. The molecule has 3 aromatic rings. The Balaban J connectivity index is 2.00. The minimum Gasteiger partial charge on any atom is -0.489 e. The lowest BCUT2D eigenvalue weighted by Crippen LogP contribution is -2.24. The molecule has 5 heteroatoms. The van der Waals surface area contributed by atoms with Gasteiger partial charge in [-0.15, -0.1) is 0 Å². The van der Waals surface area contributed by atoms with E-state index in [2.05, 4.69) is 13.8 Å². The largest absolute Gasteiger partial charge is 0.489 e. The van der Waals surface area contributed by atoms with Crippen molar-refractivity contribution in [1.29, 1.82) is 0 Å². The van der Waals surface area contributed by atoms with Crippen molar-refractivity contribution in [3.05, 3.63) is 76.1 Å². The van der Waals surface area contributed by atoms with Crippen LogP contribution in [0.5, 0.6) is 17.2 Å². The van der Waals surface area contributed by atoms with E-state index in [1.54, 1.807) is 0 Å². The van der Waals surface area contributed by atoms with Crippen molar-refractivity contribution in [2.45, 2.75) is 92.2 Å². The molecule has 5 nitrogen and oxygen atoms in total. The summed E-state index contributed by atoms with van der Waals surface area (Å²) < 4.78 is 20.3. The molecule has 0 saturated heterocycles. The van der Waals surface area contributed by atoms with Gasteiger partial charge in [0.15, 0.2) is 5.75 Å². The van der Waals surface area contributed by atoms with Crippen molar-refractivity contribution in [3.63, 3.8) is 0 Å². The van der Waals surface area contributed by atoms with Crippen LogP contribution in [0.2, 0.25) is 0 Å². The Morgan fingerprint density at radius 3 is 2.29 bits per heavy atom. The minimum atomic E-state index is -0.130. The van der Waals surface area contributed by atoms with Gasteiger partial charge in [-0.05, 0) is 50.5 Å². The zero-order valence-electron chi connectivity index (χ0n) is 23.8. The van der Waals surface area contributed by atoms with E-state index in [9.17, 15) is 4.79 Å². The number of pyridine rings is 1. The Hall–Kier alpha value is -3.21. The molecule has 0 aliphatic rings. The van der Waals surface area contributed by atoms with Gasteiger partial charge in [0.25, 0.3) is 5.56 Å². The molecule has 0 aliphatic carbocycles. The molecule has 0 radical (unpaired) electrons. The Bertz CT molecular complexity index is 1210. The van der Waals surface area contributed by atoms with Gasteiger partial charge < -0.3 is 18.8 Å². The number of ether oxygens (including phenoxy) is 3. The fourth-order valence-electron chi connectivity index (χ4n) is 4.36. The molecule has 0 aliphatic heterocycles. The van der Waals surface area contributed by atoms with Crippen LogP contribution in [-0.2, 0) is 13.2 Å². The third-order valence-corrected chi connectivity index (χ3v) is 6.60. The monoisotopic (exact) mass is 519 g/mol. The zero-order valence-corrected chi connectivity index (χ0v) is 23.8. The Morgan fingerprint density at radius 1 is 0.816 bits per heavy atom. The summed E-state index contributed by atoms with van der Waals surface area (Å²) in [6.07, 6.45) is 10.9. The van der Waals surface area contributed by atoms with Crippen LogP contribution in [0.3, 0.4) is 0 Å². The van der Waals surface area contributed by atoms with Gasteiger partial charge >= 0.3 is 0 Å². The molecule has 38 heavy (non-hydrogen) atoms. The van der Waals surface area contributed by atoms with Crippen molar-refractivity contribution >= 4 is 10.9 Å². The SMILES string of the molecule is CCCCCCCCn1c(=O)c(OCCCC)c(OCC=C(C)C)c2ccc(OCc3ccccc3)cc21. The fourth-order valence-corrected chi connectivity index (χ4v) is 4.36. The van der Waals surface area contributed by atoms with Crippen molar-refractivity contribution in [3.8, 4) is 17.2 Å². The fraction of sp³-hybridized carbons (Fsp3) is 0.485. The maximum absolute atomic E-state index is 13.9. The molecule has 1 heterocycles. The van der Waals surface area contributed by atoms with Crippen molar-refractivity contribution in [2.24, 2.45) is 0 Å². The summed E-state index contributed by atoms with van der Waals surface area (Å²) in [4.78, 5) is 13.9. The summed E-state index contributed by atoms with van der Waals surface area (Å²) in [5.41, 5.74) is 2.96. The predicted octanol–water partition coefficient (Wildman–Crippen LogP) is 8.46. The highest BCUT2D eigenvalue weighted by Crippen LogP contribution is 2.35. The normalized spacial score (nSPS) is 10.9. The molecular weight excluding hydrogens is 474 g/mol. The molecule has 0 unspecified atom stereocenters. The molecule has 0 saturated carbocycles. The maximum atomic E-state index is 13.9. The lowest BCUT2D eigenvalue weighted by atomic mass is 10.1. The van der Waals surface area contributed by atoms with Crippen LogP contribution in [0.1, 0.15) is 84.6 Å². The number of aryl methyl sites for hydroxylation is 1. The first-order valence-electron chi connectivity index (χ1n) is 14.3. The summed E-state index contributed by atoms with van der Waals surface area (Å²) in [5, 5.41) is 0.872. The summed E-state index contributed by atoms with van der Waals surface area (Å²) in [7, 11) is 0. The molecule has 0 amide bonds. The number of allylic oxidation sites excluding steroid dienone is 1. The number of unbranched alkanes of at least 4 members (excludes halogenated alkanes) is 6. The molecule has 0 N–H and O–H groups in total. The number of hydrogen-bond donors (Lipinski definition) is 0. The second-order valence-corrected chi connectivity index (χ2v) is 10.1. The molecule has 1 aromatic heterocycles. The molecule has 0 atom stereocenters. The quantitative estimate of drug-likeness (QED) is 0.133. The van der Waals surface area contributed by atoms with Gasteiger partial charge in [0.2, 0.25) is 5.75 Å². The van der Waals surface area contributed by atoms with E-state index >= 15 is 0 Å². The number of hydrogen-bond acceptors (Lipinski definition) is 4. The van der Waals surface area contributed by atoms with E-state index < -0.39 is 0 Å². The second kappa shape index (κ2) is 15.9. The van der Waals surface area contributed by atoms with E-state index in [4.69, 9.17) is 14.2 Å². The average molecular weight is 520 g/mol. The second-order valence-electron chi connectivity index (χ2n) is 10.1. The van der Waals surface area contributed by atoms with Crippen LogP contribution in [0.4, 0.5) is 0 Å². The highest BCUT2D eigenvalue weighted by molar-refractivity contribution is 5.89. The van der Waals surface area contributed by atoms with Crippen LogP contribution < -0.4 is 19.8 Å². The third kappa shape index (κ3) is 8.68. The highest BCUT2D eigenvalue weighted by atomic mass is 16.5. The van der Waals surface area contributed by atoms with Gasteiger partial charge in [-0.1, -0.05) is 88.3 Å². The van der Waals surface area contributed by atoms with Crippen LogP contribution in [0.25, 0.3) is 10.9 Å². The van der Waals surface area contributed by atoms with Gasteiger partial charge in [-0.25, -0.2) is 0 Å². The van der Waals surface area contributed by atoms with Crippen molar-refractivity contribution < 1.29 is 14.2 Å². The molecular formula is C33H45NO4. The Kier molecular flexibility index (Phi) is 12.3. The van der Waals surface area contributed by atoms with E-state index in [1.807, 2.05) is 73.0 Å². The Morgan fingerprint density at radius 2 is 1.55 bits per heavy atom. The molecule has 3 rings (SSSR count). The molecule has 0 fully saturated rings. The third-order valence-electron chi connectivity index (χ3n) is 6.60.